The Morgan fingerprint density at radius 2 is 1.30 bits per heavy atom. The van der Waals surface area contributed by atoms with Gasteiger partial charge in [0.2, 0.25) is 0 Å². The molecule has 250 valence electrons. The second-order valence-electron chi connectivity index (χ2n) is 9.49. The van der Waals surface area contributed by atoms with E-state index in [1.807, 2.05) is 34.6 Å². The van der Waals surface area contributed by atoms with Gasteiger partial charge in [0.25, 0.3) is 6.47 Å². The van der Waals surface area contributed by atoms with E-state index >= 15 is 0 Å². The van der Waals surface area contributed by atoms with Crippen LogP contribution in [0.5, 0.6) is 0 Å². The van der Waals surface area contributed by atoms with Crippen LogP contribution in [-0.2, 0) is 33.5 Å². The molecule has 0 bridgehead atoms. The molecule has 14 heteroatoms. The molecular weight excluding hydrogens is 678 g/mol. The van der Waals surface area contributed by atoms with E-state index in [9.17, 15) is 14.4 Å². The first kappa shape index (κ1) is 59.7. The third-order valence-corrected chi connectivity index (χ3v) is 4.99. The minimum absolute atomic E-state index is 0. The maximum atomic E-state index is 11.1. The van der Waals surface area contributed by atoms with Crippen molar-refractivity contribution in [2.24, 2.45) is 0 Å². The summed E-state index contributed by atoms with van der Waals surface area (Å²) in [5, 5.41) is 12.0. The van der Waals surface area contributed by atoms with Gasteiger partial charge in [-0.1, -0.05) is 56.5 Å². The van der Waals surface area contributed by atoms with Crippen LogP contribution in [0.15, 0.2) is 0 Å². The molecule has 0 fully saturated rings. The second kappa shape index (κ2) is 47.8. The van der Waals surface area contributed by atoms with Gasteiger partial charge in [0.05, 0.1) is 13.2 Å². The normalized spacial score (nSPS) is 9.19. The summed E-state index contributed by atoms with van der Waals surface area (Å²) >= 11 is 3.22. The molecular formula is C29H61BrK2N2O9. The fraction of sp³-hybridized carbons (Fsp3) is 0.862. The van der Waals surface area contributed by atoms with Crippen LogP contribution in [0.4, 0.5) is 4.79 Å². The fourth-order valence-electron chi connectivity index (χ4n) is 2.59. The molecule has 0 aromatic rings. The predicted molar refractivity (Wildman–Crippen MR) is 167 cm³/mol. The zero-order valence-corrected chi connectivity index (χ0v) is 36.0. The number of halogens is 1. The molecule has 0 aliphatic rings. The third kappa shape index (κ3) is 66.6. The third-order valence-electron chi connectivity index (χ3n) is 4.43. The van der Waals surface area contributed by atoms with E-state index in [0.717, 1.165) is 50.5 Å². The number of carbonyl (C=O) groups excluding carboxylic acids is 4. The maximum absolute atomic E-state index is 11.1. The van der Waals surface area contributed by atoms with Crippen molar-refractivity contribution in [1.82, 2.24) is 10.2 Å². The largest absolute Gasteiger partial charge is 1.00 e. The van der Waals surface area contributed by atoms with Gasteiger partial charge in [-0.15, -0.1) is 0 Å². The Balaban J connectivity index is -0.0000000674. The number of hydrogen-bond acceptors (Lipinski definition) is 10. The number of alkyl halides is 1. The van der Waals surface area contributed by atoms with E-state index in [1.165, 1.54) is 12.8 Å². The number of hydrogen-bond donors (Lipinski definition) is 1. The molecule has 0 atom stereocenters. The number of esters is 2. The number of alkyl carbamates (subject to hydrolysis) is 1. The molecule has 0 heterocycles. The Morgan fingerprint density at radius 1 is 0.860 bits per heavy atom. The van der Waals surface area contributed by atoms with E-state index in [-0.39, 0.29) is 136 Å². The van der Waals surface area contributed by atoms with Crippen LogP contribution in [0.1, 0.15) is 115 Å². The summed E-state index contributed by atoms with van der Waals surface area (Å²) in [6, 6.07) is 0. The quantitative estimate of drug-likeness (QED) is 0.0308. The number of rotatable bonds is 17. The number of unbranched alkanes of at least 4 members (excludes halogenated alkanes) is 3. The first-order valence-electron chi connectivity index (χ1n) is 14.1. The number of nitrogens with zero attached hydrogens (tertiary/aromatic N) is 1. The van der Waals surface area contributed by atoms with Gasteiger partial charge < -0.3 is 36.0 Å². The van der Waals surface area contributed by atoms with Crippen molar-refractivity contribution < 1.29 is 148 Å². The Kier molecular flexibility index (Phi) is 66.4. The number of amides is 1. The fourth-order valence-corrected chi connectivity index (χ4v) is 2.87. The van der Waals surface area contributed by atoms with Crippen LogP contribution >= 0.6 is 15.9 Å². The van der Waals surface area contributed by atoms with Crippen LogP contribution < -0.4 is 113 Å². The number of carbonyl (C=O) groups is 4. The van der Waals surface area contributed by atoms with E-state index in [0.29, 0.717) is 32.6 Å². The molecule has 0 aromatic heterocycles. The zero-order valence-electron chi connectivity index (χ0n) is 29.2. The van der Waals surface area contributed by atoms with Crippen molar-refractivity contribution in [1.29, 1.82) is 0 Å². The van der Waals surface area contributed by atoms with Crippen molar-refractivity contribution in [3.8, 4) is 0 Å². The van der Waals surface area contributed by atoms with E-state index in [4.69, 9.17) is 19.5 Å². The van der Waals surface area contributed by atoms with Crippen LogP contribution in [0, 0.1) is 0 Å². The Hall–Kier alpha value is 1.35. The zero-order chi connectivity index (χ0) is 31.7. The van der Waals surface area contributed by atoms with Crippen LogP contribution in [0.25, 0.3) is 0 Å². The molecule has 0 rings (SSSR count). The number of nitrogens with one attached hydrogen (secondary N) is 1. The Bertz CT molecular complexity index is 608. The van der Waals surface area contributed by atoms with Gasteiger partial charge in [-0.05, 0) is 80.4 Å². The Labute approximate surface area is 357 Å². The summed E-state index contributed by atoms with van der Waals surface area (Å²) in [5.74, 6) is -0.173. The van der Waals surface area contributed by atoms with Gasteiger partial charge in [0.1, 0.15) is 5.60 Å². The molecule has 0 saturated carbocycles. The predicted octanol–water partition coefficient (Wildman–Crippen LogP) is -0.321. The van der Waals surface area contributed by atoms with Crippen molar-refractivity contribution in [2.45, 2.75) is 119 Å². The topological polar surface area (TPSA) is 144 Å². The molecule has 0 saturated heterocycles. The monoisotopic (exact) mass is 738 g/mol. The molecule has 1 amide bonds. The summed E-state index contributed by atoms with van der Waals surface area (Å²) < 4.78 is 14.6. The van der Waals surface area contributed by atoms with Gasteiger partial charge in [-0.2, -0.15) is 0 Å². The SMILES string of the molecule is C.CCCCCNC(=O)OC(C)(C)C.CCCCN(C)CCCC(=O)OCC.CCOC(=O)CCCBr.O=CO[O-].[H-].[K+].[K+]. The summed E-state index contributed by atoms with van der Waals surface area (Å²) in [7, 11) is 2.10. The molecule has 11 nitrogen and oxygen atoms in total. The molecule has 0 aliphatic heterocycles. The van der Waals surface area contributed by atoms with E-state index in [2.05, 4.69) is 56.7 Å². The molecule has 0 radical (unpaired) electrons. The first-order chi connectivity index (χ1) is 18.9. The van der Waals surface area contributed by atoms with Gasteiger partial charge in [-0.3, -0.25) is 14.4 Å². The molecule has 0 aliphatic carbocycles. The van der Waals surface area contributed by atoms with Crippen molar-refractivity contribution in [2.75, 3.05) is 45.2 Å². The standard InChI is InChI=1S/C11H23NO2.C10H21NO2.C6H11BrO2.CH2O3.CH4.2K.H/c1-4-6-9-12(3)10-7-8-11(13)14-5-2;1-5-6-7-8-11-9(12)13-10(2,3)4;1-2-9-6(8)4-3-5-7;2-1-4-3;;;;/h4-10H2,1-3H3;5-8H2,1-4H3,(H,11,12);2-5H2,1H3;1,3H;1H4;;;/q;;;;;2*+1;-1/p-1. The maximum Gasteiger partial charge on any atom is 1.00 e. The molecule has 43 heavy (non-hydrogen) atoms. The molecule has 0 spiro atoms. The average Bonchev–Trinajstić information content (AvgIpc) is 2.89. The summed E-state index contributed by atoms with van der Waals surface area (Å²) in [5.41, 5.74) is -0.394. The summed E-state index contributed by atoms with van der Waals surface area (Å²) in [6.07, 6.45) is 8.31. The second-order valence-corrected chi connectivity index (χ2v) is 10.3. The minimum atomic E-state index is -0.394. The summed E-state index contributed by atoms with van der Waals surface area (Å²) in [4.78, 5) is 46.2. The number of ether oxygens (including phenoxy) is 3. The Morgan fingerprint density at radius 3 is 1.67 bits per heavy atom. The first-order valence-corrected chi connectivity index (χ1v) is 15.3. The minimum Gasteiger partial charge on any atom is -1.00 e. The smallest absolute Gasteiger partial charge is 1.00 e. The molecule has 1 N–H and O–H groups in total. The van der Waals surface area contributed by atoms with E-state index in [1.54, 1.807) is 0 Å². The molecule has 0 aromatic carbocycles. The van der Waals surface area contributed by atoms with Crippen molar-refractivity contribution in [3.63, 3.8) is 0 Å². The van der Waals surface area contributed by atoms with Gasteiger partial charge in [0.15, 0.2) is 0 Å². The van der Waals surface area contributed by atoms with Gasteiger partial charge in [0, 0.05) is 24.7 Å². The molecule has 0 unspecified atom stereocenters. The van der Waals surface area contributed by atoms with Crippen LogP contribution in [0.2, 0.25) is 0 Å². The van der Waals surface area contributed by atoms with Crippen LogP contribution in [0.3, 0.4) is 0 Å². The van der Waals surface area contributed by atoms with Crippen molar-refractivity contribution in [3.05, 3.63) is 0 Å². The van der Waals surface area contributed by atoms with Gasteiger partial charge in [-0.25, -0.2) is 4.79 Å². The summed E-state index contributed by atoms with van der Waals surface area (Å²) in [6.45, 7) is 17.2. The van der Waals surface area contributed by atoms with Gasteiger partial charge >= 0.3 is 121 Å². The van der Waals surface area contributed by atoms with E-state index < -0.39 is 5.60 Å². The van der Waals surface area contributed by atoms with Crippen molar-refractivity contribution >= 4 is 40.4 Å². The average molecular weight is 740 g/mol. The van der Waals surface area contributed by atoms with Crippen LogP contribution in [-0.4, -0.2) is 80.2 Å².